The van der Waals surface area contributed by atoms with Crippen LogP contribution >= 0.6 is 11.8 Å². The van der Waals surface area contributed by atoms with E-state index in [-0.39, 0.29) is 5.78 Å². The number of carbonyl (C=O) groups excluding carboxylic acids is 1. The minimum absolute atomic E-state index is 0.0709. The predicted octanol–water partition coefficient (Wildman–Crippen LogP) is 2.79. The Kier molecular flexibility index (Phi) is 4.24. The highest BCUT2D eigenvalue weighted by Gasteiger charge is 2.15. The van der Waals surface area contributed by atoms with Crippen molar-refractivity contribution in [3.63, 3.8) is 0 Å². The van der Waals surface area contributed by atoms with E-state index in [0.29, 0.717) is 22.4 Å². The number of nitrogens with one attached hydrogen (secondary N) is 1. The van der Waals surface area contributed by atoms with Crippen molar-refractivity contribution in [1.82, 2.24) is 25.2 Å². The number of aromatic nitrogens is 5. The van der Waals surface area contributed by atoms with Crippen LogP contribution in [0.15, 0.2) is 35.6 Å². The summed E-state index contributed by atoms with van der Waals surface area (Å²) in [5.41, 5.74) is 1.69. The van der Waals surface area contributed by atoms with Gasteiger partial charge in [0, 0.05) is 29.2 Å². The maximum absolute atomic E-state index is 12.4. The fraction of sp³-hybridized carbons (Fsp3) is 0.333. The van der Waals surface area contributed by atoms with Gasteiger partial charge in [-0.25, -0.2) is 4.68 Å². The number of hydrogen-bond acceptors (Lipinski definition) is 5. The molecule has 114 valence electrons. The van der Waals surface area contributed by atoms with E-state index in [9.17, 15) is 4.79 Å². The van der Waals surface area contributed by atoms with Crippen LogP contribution < -0.4 is 0 Å². The van der Waals surface area contributed by atoms with Gasteiger partial charge < -0.3 is 4.98 Å². The Labute approximate surface area is 132 Å². The molecule has 0 radical (unpaired) electrons. The largest absolute Gasteiger partial charge is 0.360 e. The third kappa shape index (κ3) is 3.04. The first kappa shape index (κ1) is 14.8. The Hall–Kier alpha value is -2.15. The lowest BCUT2D eigenvalue weighted by atomic mass is 10.1. The second-order valence-electron chi connectivity index (χ2n) is 5.50. The number of Topliss-reactive ketones (excluding diaryl/α,β-unsaturated/α-hetero) is 1. The van der Waals surface area contributed by atoms with Gasteiger partial charge in [0.2, 0.25) is 5.16 Å². The highest BCUT2D eigenvalue weighted by atomic mass is 32.2. The molecule has 0 unspecified atom stereocenters. The maximum atomic E-state index is 12.4. The van der Waals surface area contributed by atoms with Gasteiger partial charge >= 0.3 is 0 Å². The SMILES string of the molecule is CC(C)Cn1nnnc1SCC(=O)c1c[nH]c2ccccc12. The smallest absolute Gasteiger partial charge is 0.209 e. The van der Waals surface area contributed by atoms with Crippen LogP contribution in [0.5, 0.6) is 0 Å². The fourth-order valence-corrected chi connectivity index (χ4v) is 3.04. The summed E-state index contributed by atoms with van der Waals surface area (Å²) in [5.74, 6) is 0.842. The Morgan fingerprint density at radius 3 is 3.00 bits per heavy atom. The normalized spacial score (nSPS) is 11.4. The number of aromatic amines is 1. The average molecular weight is 315 g/mol. The first-order valence-corrected chi connectivity index (χ1v) is 8.12. The van der Waals surface area contributed by atoms with Crippen LogP contribution in [0.2, 0.25) is 0 Å². The summed E-state index contributed by atoms with van der Waals surface area (Å²) >= 11 is 1.37. The van der Waals surface area contributed by atoms with Crippen molar-refractivity contribution in [2.24, 2.45) is 5.92 Å². The summed E-state index contributed by atoms with van der Waals surface area (Å²) in [4.78, 5) is 15.6. The van der Waals surface area contributed by atoms with Crippen LogP contribution in [0, 0.1) is 5.92 Å². The molecular formula is C15H17N5OS. The summed E-state index contributed by atoms with van der Waals surface area (Å²) < 4.78 is 1.75. The lowest BCUT2D eigenvalue weighted by molar-refractivity contribution is 0.102. The second kappa shape index (κ2) is 6.31. The summed E-state index contributed by atoms with van der Waals surface area (Å²) in [5, 5.41) is 13.3. The van der Waals surface area contributed by atoms with Crippen molar-refractivity contribution in [1.29, 1.82) is 0 Å². The molecule has 3 aromatic rings. The summed E-state index contributed by atoms with van der Waals surface area (Å²) in [7, 11) is 0. The topological polar surface area (TPSA) is 76.5 Å². The molecule has 0 aliphatic carbocycles. The lowest BCUT2D eigenvalue weighted by Crippen LogP contribution is -2.09. The standard InChI is InChI=1S/C15H17N5OS/c1-10(2)8-20-15(17-18-19-20)22-9-14(21)12-7-16-13-6-4-3-5-11(12)13/h3-7,10,16H,8-9H2,1-2H3. The van der Waals surface area contributed by atoms with E-state index in [2.05, 4.69) is 34.4 Å². The molecule has 1 aromatic carbocycles. The number of fused-ring (bicyclic) bond motifs is 1. The van der Waals surface area contributed by atoms with E-state index in [1.54, 1.807) is 10.9 Å². The zero-order valence-corrected chi connectivity index (χ0v) is 13.3. The molecule has 0 saturated heterocycles. The van der Waals surface area contributed by atoms with Gasteiger partial charge in [-0.2, -0.15) is 0 Å². The molecule has 2 aromatic heterocycles. The number of carbonyl (C=O) groups is 1. The number of rotatable bonds is 6. The highest BCUT2D eigenvalue weighted by Crippen LogP contribution is 2.22. The molecule has 0 spiro atoms. The summed E-state index contributed by atoms with van der Waals surface area (Å²) in [6.45, 7) is 4.96. The van der Waals surface area contributed by atoms with Gasteiger partial charge in [-0.05, 0) is 22.4 Å². The molecule has 0 amide bonds. The number of ketones is 1. The molecule has 0 atom stereocenters. The summed E-state index contributed by atoms with van der Waals surface area (Å²) in [6, 6.07) is 7.79. The van der Waals surface area contributed by atoms with Crippen molar-refractivity contribution in [3.8, 4) is 0 Å². The zero-order valence-electron chi connectivity index (χ0n) is 12.5. The van der Waals surface area contributed by atoms with Crippen molar-refractivity contribution in [2.75, 3.05) is 5.75 Å². The van der Waals surface area contributed by atoms with E-state index in [4.69, 9.17) is 0 Å². The molecule has 3 rings (SSSR count). The Balaban J connectivity index is 1.72. The van der Waals surface area contributed by atoms with Crippen LogP contribution in [-0.4, -0.2) is 36.7 Å². The van der Waals surface area contributed by atoms with Crippen LogP contribution in [0.4, 0.5) is 0 Å². The molecule has 1 N–H and O–H groups in total. The minimum atomic E-state index is 0.0709. The monoisotopic (exact) mass is 315 g/mol. The second-order valence-corrected chi connectivity index (χ2v) is 6.44. The molecule has 0 saturated carbocycles. The number of H-pyrrole nitrogens is 1. The van der Waals surface area contributed by atoms with Crippen LogP contribution in [0.3, 0.4) is 0 Å². The third-order valence-corrected chi connectivity index (χ3v) is 4.22. The van der Waals surface area contributed by atoms with Crippen molar-refractivity contribution >= 4 is 28.4 Å². The Morgan fingerprint density at radius 2 is 2.18 bits per heavy atom. The number of hydrogen-bond donors (Lipinski definition) is 1. The van der Waals surface area contributed by atoms with Crippen LogP contribution in [0.1, 0.15) is 24.2 Å². The van der Waals surface area contributed by atoms with E-state index in [1.807, 2.05) is 24.3 Å². The zero-order chi connectivity index (χ0) is 15.5. The number of para-hydroxylation sites is 1. The van der Waals surface area contributed by atoms with E-state index in [1.165, 1.54) is 11.8 Å². The van der Waals surface area contributed by atoms with E-state index < -0.39 is 0 Å². The van der Waals surface area contributed by atoms with Crippen molar-refractivity contribution < 1.29 is 4.79 Å². The molecule has 0 fully saturated rings. The number of benzene rings is 1. The van der Waals surface area contributed by atoms with E-state index in [0.717, 1.165) is 17.4 Å². The minimum Gasteiger partial charge on any atom is -0.360 e. The molecule has 2 heterocycles. The van der Waals surface area contributed by atoms with Gasteiger partial charge in [0.25, 0.3) is 0 Å². The molecule has 0 bridgehead atoms. The lowest BCUT2D eigenvalue weighted by Gasteiger charge is -2.06. The highest BCUT2D eigenvalue weighted by molar-refractivity contribution is 7.99. The first-order chi connectivity index (χ1) is 10.6. The Morgan fingerprint density at radius 1 is 1.36 bits per heavy atom. The van der Waals surface area contributed by atoms with Crippen molar-refractivity contribution in [2.45, 2.75) is 25.5 Å². The first-order valence-electron chi connectivity index (χ1n) is 7.13. The number of tetrazole rings is 1. The molecule has 22 heavy (non-hydrogen) atoms. The maximum Gasteiger partial charge on any atom is 0.209 e. The van der Waals surface area contributed by atoms with Crippen molar-refractivity contribution in [3.05, 3.63) is 36.0 Å². The Bertz CT molecular complexity index is 792. The van der Waals surface area contributed by atoms with Gasteiger partial charge in [0.15, 0.2) is 5.78 Å². The molecular weight excluding hydrogens is 298 g/mol. The third-order valence-electron chi connectivity index (χ3n) is 3.26. The van der Waals surface area contributed by atoms with Crippen LogP contribution in [0.25, 0.3) is 10.9 Å². The number of thioether (sulfide) groups is 1. The van der Waals surface area contributed by atoms with Gasteiger partial charge in [0.05, 0.1) is 5.75 Å². The van der Waals surface area contributed by atoms with E-state index >= 15 is 0 Å². The average Bonchev–Trinajstić information content (AvgIpc) is 3.11. The van der Waals surface area contributed by atoms with Gasteiger partial charge in [-0.15, -0.1) is 5.10 Å². The molecule has 0 aliphatic rings. The fourth-order valence-electron chi connectivity index (χ4n) is 2.27. The van der Waals surface area contributed by atoms with Gasteiger partial charge in [0.1, 0.15) is 0 Å². The number of nitrogens with zero attached hydrogens (tertiary/aromatic N) is 4. The molecule has 7 heteroatoms. The van der Waals surface area contributed by atoms with Crippen LogP contribution in [-0.2, 0) is 6.54 Å². The van der Waals surface area contributed by atoms with Gasteiger partial charge in [-0.3, -0.25) is 4.79 Å². The summed E-state index contributed by atoms with van der Waals surface area (Å²) in [6.07, 6.45) is 1.77. The van der Waals surface area contributed by atoms with Gasteiger partial charge in [-0.1, -0.05) is 43.8 Å². The molecule has 6 nitrogen and oxygen atoms in total. The predicted molar refractivity (Wildman–Crippen MR) is 86.0 cm³/mol. The quantitative estimate of drug-likeness (QED) is 0.559. The molecule has 0 aliphatic heterocycles.